The number of hydrogen-bond acceptors (Lipinski definition) is 5. The molecular formula is C16H25IN4O. The molecule has 2 aliphatic rings. The highest BCUT2D eigenvalue weighted by Crippen LogP contribution is 2.26. The minimum Gasteiger partial charge on any atom is -0.497 e. The van der Waals surface area contributed by atoms with Gasteiger partial charge in [-0.05, 0) is 30.9 Å². The van der Waals surface area contributed by atoms with Crippen LogP contribution in [0.4, 0.5) is 5.69 Å². The summed E-state index contributed by atoms with van der Waals surface area (Å²) in [6, 6.07) is 8.32. The lowest BCUT2D eigenvalue weighted by Crippen LogP contribution is -2.43. The average Bonchev–Trinajstić information content (AvgIpc) is 3.03. The number of ether oxygens (including phenoxy) is 1. The fraction of sp³-hybridized carbons (Fsp3) is 0.562. The Labute approximate surface area is 149 Å². The Morgan fingerprint density at radius 1 is 1.45 bits per heavy atom. The topological polar surface area (TPSA) is 48.9 Å². The molecule has 0 spiro atoms. The van der Waals surface area contributed by atoms with Gasteiger partial charge in [0.2, 0.25) is 0 Å². The van der Waals surface area contributed by atoms with Crippen molar-refractivity contribution in [3.8, 4) is 5.75 Å². The second-order valence-corrected chi connectivity index (χ2v) is 5.69. The second kappa shape index (κ2) is 8.45. The van der Waals surface area contributed by atoms with Gasteiger partial charge < -0.3 is 20.3 Å². The van der Waals surface area contributed by atoms with E-state index in [1.807, 2.05) is 6.07 Å². The summed E-state index contributed by atoms with van der Waals surface area (Å²) in [6.45, 7) is 5.17. The molecule has 2 N–H and O–H groups in total. The Morgan fingerprint density at radius 3 is 3.14 bits per heavy atom. The Hall–Kier alpha value is -1.18. The number of rotatable bonds is 4. The third-order valence-corrected chi connectivity index (χ3v) is 4.16. The number of halogens is 1. The van der Waals surface area contributed by atoms with Crippen LogP contribution in [0.2, 0.25) is 0 Å². The lowest BCUT2D eigenvalue weighted by atomic mass is 10.1. The van der Waals surface area contributed by atoms with Crippen molar-refractivity contribution in [1.29, 1.82) is 0 Å². The fourth-order valence-corrected chi connectivity index (χ4v) is 2.93. The Balaban J connectivity index is 0.00000176. The van der Waals surface area contributed by atoms with Crippen molar-refractivity contribution >= 4 is 35.6 Å². The van der Waals surface area contributed by atoms with Crippen LogP contribution >= 0.6 is 24.0 Å². The molecule has 1 aromatic carbocycles. The molecule has 0 radical (unpaired) electrons. The number of benzene rings is 1. The number of hydrogen-bond donors (Lipinski definition) is 2. The van der Waals surface area contributed by atoms with E-state index in [-0.39, 0.29) is 24.0 Å². The molecule has 1 atom stereocenters. The number of nitrogens with zero attached hydrogens (tertiary/aromatic N) is 2. The third kappa shape index (κ3) is 4.41. The van der Waals surface area contributed by atoms with Gasteiger partial charge in [-0.1, -0.05) is 6.07 Å². The van der Waals surface area contributed by atoms with Crippen LogP contribution < -0.4 is 20.3 Å². The van der Waals surface area contributed by atoms with E-state index in [4.69, 9.17) is 4.74 Å². The van der Waals surface area contributed by atoms with Gasteiger partial charge in [0.1, 0.15) is 5.75 Å². The average molecular weight is 416 g/mol. The maximum Gasteiger partial charge on any atom is 0.191 e. The lowest BCUT2D eigenvalue weighted by molar-refractivity contribution is 0.415. The standard InChI is InChI=1S/C16H24N4O.HI/c1-21-15-5-2-4-14(10-15)20-9-6-13(12-20)11-19-16-17-7-3-8-18-16;/h2,4-5,10,13H,3,6-9,11-12H2,1H3,(H2,17,18,19);1H. The second-order valence-electron chi connectivity index (χ2n) is 5.69. The van der Waals surface area contributed by atoms with Crippen LogP contribution in [-0.4, -0.2) is 45.8 Å². The number of anilines is 1. The first-order chi connectivity index (χ1) is 10.3. The van der Waals surface area contributed by atoms with E-state index in [0.29, 0.717) is 5.92 Å². The van der Waals surface area contributed by atoms with Gasteiger partial charge in [-0.25, -0.2) is 0 Å². The quantitative estimate of drug-likeness (QED) is 0.739. The smallest absolute Gasteiger partial charge is 0.191 e. The fourth-order valence-electron chi connectivity index (χ4n) is 2.93. The van der Waals surface area contributed by atoms with Crippen molar-refractivity contribution in [3.63, 3.8) is 0 Å². The van der Waals surface area contributed by atoms with Gasteiger partial charge in [0.15, 0.2) is 5.96 Å². The Kier molecular flexibility index (Phi) is 6.60. The molecule has 0 bridgehead atoms. The highest BCUT2D eigenvalue weighted by molar-refractivity contribution is 14.0. The van der Waals surface area contributed by atoms with Crippen molar-refractivity contribution in [1.82, 2.24) is 10.6 Å². The first-order valence-corrected chi connectivity index (χ1v) is 7.76. The van der Waals surface area contributed by atoms with Crippen LogP contribution in [0.1, 0.15) is 12.8 Å². The maximum atomic E-state index is 5.31. The van der Waals surface area contributed by atoms with Gasteiger partial charge in [0.05, 0.1) is 7.11 Å². The number of guanidine groups is 1. The summed E-state index contributed by atoms with van der Waals surface area (Å²) in [7, 11) is 1.72. The van der Waals surface area contributed by atoms with Crippen molar-refractivity contribution in [2.75, 3.05) is 44.7 Å². The van der Waals surface area contributed by atoms with E-state index in [1.165, 1.54) is 12.1 Å². The van der Waals surface area contributed by atoms with Crippen LogP contribution in [0, 0.1) is 5.92 Å². The molecule has 122 valence electrons. The van der Waals surface area contributed by atoms with Crippen molar-refractivity contribution in [2.24, 2.45) is 10.9 Å². The van der Waals surface area contributed by atoms with Gasteiger partial charge in [-0.15, -0.1) is 24.0 Å². The van der Waals surface area contributed by atoms with E-state index in [2.05, 4.69) is 38.7 Å². The largest absolute Gasteiger partial charge is 0.497 e. The predicted molar refractivity (Wildman–Crippen MR) is 102 cm³/mol. The van der Waals surface area contributed by atoms with Crippen LogP contribution in [0.25, 0.3) is 0 Å². The van der Waals surface area contributed by atoms with Gasteiger partial charge in [-0.2, -0.15) is 0 Å². The zero-order chi connectivity index (χ0) is 14.5. The van der Waals surface area contributed by atoms with Crippen LogP contribution in [0.3, 0.4) is 0 Å². The summed E-state index contributed by atoms with van der Waals surface area (Å²) in [5, 5.41) is 6.76. The molecule has 0 aromatic heterocycles. The SMILES string of the molecule is COc1cccc(N2CCC(CNC3=NCCCN3)C2)c1.I. The molecular weight excluding hydrogens is 391 g/mol. The molecule has 3 rings (SSSR count). The van der Waals surface area contributed by atoms with Crippen LogP contribution in [0.15, 0.2) is 29.3 Å². The predicted octanol–water partition coefficient (Wildman–Crippen LogP) is 2.08. The van der Waals surface area contributed by atoms with E-state index < -0.39 is 0 Å². The first-order valence-electron chi connectivity index (χ1n) is 7.76. The molecule has 1 unspecified atom stereocenters. The maximum absolute atomic E-state index is 5.31. The Bertz CT molecular complexity index is 509. The van der Waals surface area contributed by atoms with Crippen molar-refractivity contribution < 1.29 is 4.74 Å². The number of methoxy groups -OCH3 is 1. The molecule has 2 heterocycles. The molecule has 6 heteroatoms. The van der Waals surface area contributed by atoms with Gasteiger partial charge in [-0.3, -0.25) is 4.99 Å². The van der Waals surface area contributed by atoms with Gasteiger partial charge in [0, 0.05) is 44.5 Å². The minimum absolute atomic E-state index is 0. The van der Waals surface area contributed by atoms with Crippen LogP contribution in [0.5, 0.6) is 5.75 Å². The highest BCUT2D eigenvalue weighted by atomic mass is 127. The monoisotopic (exact) mass is 416 g/mol. The van der Waals surface area contributed by atoms with E-state index in [0.717, 1.165) is 50.9 Å². The summed E-state index contributed by atoms with van der Waals surface area (Å²) in [5.41, 5.74) is 1.25. The van der Waals surface area contributed by atoms with E-state index in [9.17, 15) is 0 Å². The first kappa shape index (κ1) is 17.2. The summed E-state index contributed by atoms with van der Waals surface area (Å²) >= 11 is 0. The summed E-state index contributed by atoms with van der Waals surface area (Å²) in [6.07, 6.45) is 2.36. The lowest BCUT2D eigenvalue weighted by Gasteiger charge is -2.21. The van der Waals surface area contributed by atoms with Crippen molar-refractivity contribution in [2.45, 2.75) is 12.8 Å². The van der Waals surface area contributed by atoms with Gasteiger partial charge >= 0.3 is 0 Å². The summed E-state index contributed by atoms with van der Waals surface area (Å²) < 4.78 is 5.31. The van der Waals surface area contributed by atoms with Crippen molar-refractivity contribution in [3.05, 3.63) is 24.3 Å². The molecule has 1 aromatic rings. The molecule has 0 saturated carbocycles. The van der Waals surface area contributed by atoms with E-state index >= 15 is 0 Å². The molecule has 2 aliphatic heterocycles. The molecule has 0 aliphatic carbocycles. The minimum atomic E-state index is 0. The van der Waals surface area contributed by atoms with Crippen LogP contribution in [-0.2, 0) is 0 Å². The Morgan fingerprint density at radius 2 is 2.36 bits per heavy atom. The van der Waals surface area contributed by atoms with Gasteiger partial charge in [0.25, 0.3) is 0 Å². The molecule has 1 saturated heterocycles. The molecule has 0 amide bonds. The zero-order valence-electron chi connectivity index (χ0n) is 13.0. The molecule has 1 fully saturated rings. The highest BCUT2D eigenvalue weighted by Gasteiger charge is 2.23. The number of aliphatic imine (C=N–C) groups is 1. The third-order valence-electron chi connectivity index (χ3n) is 4.16. The van der Waals surface area contributed by atoms with E-state index in [1.54, 1.807) is 7.11 Å². The molecule has 22 heavy (non-hydrogen) atoms. The zero-order valence-corrected chi connectivity index (χ0v) is 15.4. The summed E-state index contributed by atoms with van der Waals surface area (Å²) in [5.74, 6) is 2.57. The summed E-state index contributed by atoms with van der Waals surface area (Å²) in [4.78, 5) is 6.89. The molecule has 5 nitrogen and oxygen atoms in total. The number of nitrogens with one attached hydrogen (secondary N) is 2. The normalized spacial score (nSPS) is 20.7.